The van der Waals surface area contributed by atoms with Crippen LogP contribution in [-0.4, -0.2) is 46.4 Å². The molecule has 0 radical (unpaired) electrons. The van der Waals surface area contributed by atoms with Crippen molar-refractivity contribution in [3.63, 3.8) is 0 Å². The van der Waals surface area contributed by atoms with E-state index >= 15 is 0 Å². The first-order valence-corrected chi connectivity index (χ1v) is 6.50. The number of alkyl halides is 1. The molecule has 108 valence electrons. The molecule has 1 saturated carbocycles. The number of carbonyl (C=O) groups is 2. The molecular weight excluding hydrogens is 253 g/mol. The number of rotatable bonds is 1. The van der Waals surface area contributed by atoms with E-state index in [1.54, 1.807) is 20.8 Å². The van der Waals surface area contributed by atoms with Crippen molar-refractivity contribution in [2.45, 2.75) is 44.9 Å². The lowest BCUT2D eigenvalue weighted by atomic mass is 9.97. The molecule has 1 aliphatic heterocycles. The van der Waals surface area contributed by atoms with E-state index in [1.165, 1.54) is 4.90 Å². The minimum Gasteiger partial charge on any atom is -0.481 e. The van der Waals surface area contributed by atoms with Gasteiger partial charge in [-0.25, -0.2) is 9.18 Å². The molecule has 6 heteroatoms. The van der Waals surface area contributed by atoms with Gasteiger partial charge in [0, 0.05) is 12.5 Å². The maximum Gasteiger partial charge on any atom is 0.410 e. The van der Waals surface area contributed by atoms with Crippen molar-refractivity contribution in [1.29, 1.82) is 0 Å². The Morgan fingerprint density at radius 3 is 2.53 bits per heavy atom. The summed E-state index contributed by atoms with van der Waals surface area (Å²) in [6.07, 6.45) is -0.233. The van der Waals surface area contributed by atoms with Gasteiger partial charge in [-0.1, -0.05) is 0 Å². The van der Waals surface area contributed by atoms with Crippen molar-refractivity contribution in [1.82, 2.24) is 4.90 Å². The van der Waals surface area contributed by atoms with Crippen LogP contribution in [0.15, 0.2) is 0 Å². The van der Waals surface area contributed by atoms with Gasteiger partial charge in [0.15, 0.2) is 0 Å². The SMILES string of the molecule is CC(C)(C)OC(=O)N1C[C@H]2CC(C(=O)O)C[C@@]2(F)C1. The zero-order valence-corrected chi connectivity index (χ0v) is 11.5. The predicted molar refractivity (Wildman–Crippen MR) is 65.5 cm³/mol. The number of nitrogens with zero attached hydrogens (tertiary/aromatic N) is 1. The van der Waals surface area contributed by atoms with Crippen LogP contribution in [0, 0.1) is 11.8 Å². The topological polar surface area (TPSA) is 66.8 Å². The summed E-state index contributed by atoms with van der Waals surface area (Å²) in [5.74, 6) is -1.97. The normalized spacial score (nSPS) is 34.2. The van der Waals surface area contributed by atoms with E-state index in [1.807, 2.05) is 0 Å². The number of halogens is 1. The largest absolute Gasteiger partial charge is 0.481 e. The van der Waals surface area contributed by atoms with Gasteiger partial charge >= 0.3 is 12.1 Å². The molecule has 3 atom stereocenters. The van der Waals surface area contributed by atoms with Crippen LogP contribution in [0.4, 0.5) is 9.18 Å². The van der Waals surface area contributed by atoms with Crippen LogP contribution in [0.1, 0.15) is 33.6 Å². The molecule has 1 aliphatic carbocycles. The average Bonchev–Trinajstić information content (AvgIpc) is 2.66. The number of ether oxygens (including phenoxy) is 1. The molecule has 19 heavy (non-hydrogen) atoms. The Balaban J connectivity index is 1.99. The lowest BCUT2D eigenvalue weighted by Crippen LogP contribution is -2.38. The molecule has 1 amide bonds. The number of amides is 1. The lowest BCUT2D eigenvalue weighted by Gasteiger charge is -2.25. The molecule has 1 saturated heterocycles. The van der Waals surface area contributed by atoms with E-state index in [2.05, 4.69) is 0 Å². The number of carboxylic acid groups (broad SMARTS) is 1. The minimum absolute atomic E-state index is 0.00764. The Labute approximate surface area is 111 Å². The molecule has 1 heterocycles. The van der Waals surface area contributed by atoms with Crippen molar-refractivity contribution in [2.24, 2.45) is 11.8 Å². The Morgan fingerprint density at radius 2 is 2.05 bits per heavy atom. The molecule has 2 aliphatic rings. The number of fused-ring (bicyclic) bond motifs is 1. The van der Waals surface area contributed by atoms with Gasteiger partial charge in [-0.15, -0.1) is 0 Å². The maximum absolute atomic E-state index is 14.6. The van der Waals surface area contributed by atoms with Crippen LogP contribution < -0.4 is 0 Å². The first-order chi connectivity index (χ1) is 8.61. The molecule has 5 nitrogen and oxygen atoms in total. The van der Waals surface area contributed by atoms with E-state index in [-0.39, 0.29) is 25.4 Å². The lowest BCUT2D eigenvalue weighted by molar-refractivity contribution is -0.141. The molecule has 0 bridgehead atoms. The summed E-state index contributed by atoms with van der Waals surface area (Å²) in [4.78, 5) is 24.1. The first-order valence-electron chi connectivity index (χ1n) is 6.50. The fourth-order valence-electron chi connectivity index (χ4n) is 2.95. The number of hydrogen-bond donors (Lipinski definition) is 1. The molecular formula is C13H20FNO4. The second kappa shape index (κ2) is 4.35. The molecule has 1 unspecified atom stereocenters. The highest BCUT2D eigenvalue weighted by Crippen LogP contribution is 2.47. The van der Waals surface area contributed by atoms with Gasteiger partial charge in [-0.3, -0.25) is 4.79 Å². The van der Waals surface area contributed by atoms with E-state index in [0.29, 0.717) is 6.42 Å². The number of carboxylic acids is 1. The molecule has 0 spiro atoms. The Kier molecular flexibility index (Phi) is 3.23. The minimum atomic E-state index is -1.57. The summed E-state index contributed by atoms with van der Waals surface area (Å²) < 4.78 is 19.8. The quantitative estimate of drug-likeness (QED) is 0.794. The van der Waals surface area contributed by atoms with Crippen LogP contribution >= 0.6 is 0 Å². The van der Waals surface area contributed by atoms with Gasteiger partial charge in [-0.05, 0) is 33.6 Å². The smallest absolute Gasteiger partial charge is 0.410 e. The third kappa shape index (κ3) is 2.82. The number of aliphatic carboxylic acids is 1. The van der Waals surface area contributed by atoms with Crippen LogP contribution in [0.3, 0.4) is 0 Å². The van der Waals surface area contributed by atoms with E-state index in [4.69, 9.17) is 9.84 Å². The summed E-state index contributed by atoms with van der Waals surface area (Å²) in [7, 11) is 0. The zero-order valence-electron chi connectivity index (χ0n) is 11.5. The molecule has 1 N–H and O–H groups in total. The fourth-order valence-corrected chi connectivity index (χ4v) is 2.95. The van der Waals surface area contributed by atoms with Gasteiger partial charge in [-0.2, -0.15) is 0 Å². The third-order valence-corrected chi connectivity index (χ3v) is 3.78. The summed E-state index contributed by atoms with van der Waals surface area (Å²) in [5, 5.41) is 8.94. The molecule has 0 aromatic rings. The number of hydrogen-bond acceptors (Lipinski definition) is 3. The first kappa shape index (κ1) is 14.1. The van der Waals surface area contributed by atoms with Crippen molar-refractivity contribution >= 4 is 12.1 Å². The number of likely N-dealkylation sites (tertiary alicyclic amines) is 1. The summed E-state index contributed by atoms with van der Waals surface area (Å²) in [5.41, 5.74) is -2.18. The Hall–Kier alpha value is -1.33. The monoisotopic (exact) mass is 273 g/mol. The summed E-state index contributed by atoms with van der Waals surface area (Å²) in [6, 6.07) is 0. The Morgan fingerprint density at radius 1 is 1.42 bits per heavy atom. The summed E-state index contributed by atoms with van der Waals surface area (Å²) in [6.45, 7) is 5.46. The zero-order chi connectivity index (χ0) is 14.4. The molecule has 0 aromatic carbocycles. The van der Waals surface area contributed by atoms with Crippen molar-refractivity contribution in [3.05, 3.63) is 0 Å². The number of carbonyl (C=O) groups excluding carboxylic acids is 1. The third-order valence-electron chi connectivity index (χ3n) is 3.78. The van der Waals surface area contributed by atoms with Gasteiger partial charge < -0.3 is 14.7 Å². The fraction of sp³-hybridized carbons (Fsp3) is 0.846. The van der Waals surface area contributed by atoms with E-state index < -0.39 is 29.3 Å². The second-order valence-corrected chi connectivity index (χ2v) is 6.57. The van der Waals surface area contributed by atoms with Gasteiger partial charge in [0.05, 0.1) is 12.5 Å². The highest BCUT2D eigenvalue weighted by molar-refractivity contribution is 5.72. The maximum atomic E-state index is 14.6. The van der Waals surface area contributed by atoms with Crippen molar-refractivity contribution in [2.75, 3.05) is 13.1 Å². The van der Waals surface area contributed by atoms with Crippen molar-refractivity contribution in [3.8, 4) is 0 Å². The van der Waals surface area contributed by atoms with Gasteiger partial charge in [0.1, 0.15) is 11.3 Å². The Bertz CT molecular complexity index is 406. The van der Waals surface area contributed by atoms with E-state index in [9.17, 15) is 14.0 Å². The predicted octanol–water partition coefficient (Wildman–Crippen LogP) is 2.06. The average molecular weight is 273 g/mol. The van der Waals surface area contributed by atoms with Crippen LogP contribution in [-0.2, 0) is 9.53 Å². The van der Waals surface area contributed by atoms with Crippen LogP contribution in [0.2, 0.25) is 0 Å². The molecule has 2 fully saturated rings. The van der Waals surface area contributed by atoms with Crippen molar-refractivity contribution < 1.29 is 23.8 Å². The van der Waals surface area contributed by atoms with E-state index in [0.717, 1.165) is 0 Å². The van der Waals surface area contributed by atoms with Gasteiger partial charge in [0.25, 0.3) is 0 Å². The summed E-state index contributed by atoms with van der Waals surface area (Å²) >= 11 is 0. The van der Waals surface area contributed by atoms with Gasteiger partial charge in [0.2, 0.25) is 0 Å². The van der Waals surface area contributed by atoms with Crippen LogP contribution in [0.5, 0.6) is 0 Å². The highest BCUT2D eigenvalue weighted by Gasteiger charge is 2.56. The highest BCUT2D eigenvalue weighted by atomic mass is 19.1. The van der Waals surface area contributed by atoms with Crippen LogP contribution in [0.25, 0.3) is 0 Å². The molecule has 2 rings (SSSR count). The molecule has 0 aromatic heterocycles. The standard InChI is InChI=1S/C13H20FNO4/c1-12(2,3)19-11(18)15-6-9-4-8(10(16)17)5-13(9,14)7-15/h8-9H,4-7H2,1-3H3,(H,16,17)/t8?,9-,13-/m1/s1. The second-order valence-electron chi connectivity index (χ2n) is 6.57.